The first-order valence-corrected chi connectivity index (χ1v) is 7.16. The summed E-state index contributed by atoms with van der Waals surface area (Å²) in [4.78, 5) is 4.54. The Morgan fingerprint density at radius 1 is 1.19 bits per heavy atom. The Bertz CT molecular complexity index is 861. The maximum atomic E-state index is 10.3. The lowest BCUT2D eigenvalue weighted by molar-refractivity contribution is 0.471. The zero-order valence-electron chi connectivity index (χ0n) is 10.8. The third-order valence-corrected chi connectivity index (χ3v) is 3.84. The van der Waals surface area contributed by atoms with Crippen molar-refractivity contribution in [3.05, 3.63) is 30.1 Å². The Morgan fingerprint density at radius 2 is 2.00 bits per heavy atom. The van der Waals surface area contributed by atoms with Gasteiger partial charge in [-0.2, -0.15) is 4.37 Å². The van der Waals surface area contributed by atoms with E-state index < -0.39 is 0 Å². The lowest BCUT2D eigenvalue weighted by atomic mass is 10.1. The summed E-state index contributed by atoms with van der Waals surface area (Å²) in [6, 6.07) is 6.45. The van der Waals surface area contributed by atoms with Gasteiger partial charge in [-0.1, -0.05) is 6.07 Å². The summed E-state index contributed by atoms with van der Waals surface area (Å²) in [6.45, 7) is 1.76. The van der Waals surface area contributed by atoms with Gasteiger partial charge in [-0.25, -0.2) is 4.98 Å². The molecule has 0 bridgehead atoms. The number of thiol groups is 1. The van der Waals surface area contributed by atoms with Gasteiger partial charge in [-0.15, -0.1) is 22.9 Å². The van der Waals surface area contributed by atoms with Gasteiger partial charge in [0, 0.05) is 21.8 Å². The highest BCUT2D eigenvalue weighted by Gasteiger charge is 2.11. The number of phenolic OH excluding ortho intramolecular Hbond substituents is 2. The smallest absolute Gasteiger partial charge is 0.249 e. The zero-order valence-corrected chi connectivity index (χ0v) is 12.6. The van der Waals surface area contributed by atoms with Crippen molar-refractivity contribution in [1.82, 2.24) is 9.36 Å². The van der Waals surface area contributed by atoms with E-state index in [9.17, 15) is 10.2 Å². The third kappa shape index (κ3) is 2.67. The highest BCUT2D eigenvalue weighted by molar-refractivity contribution is 7.80. The summed E-state index contributed by atoms with van der Waals surface area (Å²) in [6.07, 6.45) is 0. The quantitative estimate of drug-likeness (QED) is 0.490. The number of hydrogen-bond acceptors (Lipinski definition) is 8. The van der Waals surface area contributed by atoms with Crippen LogP contribution in [0, 0.1) is 6.92 Å². The van der Waals surface area contributed by atoms with E-state index in [1.165, 1.54) is 6.07 Å². The van der Waals surface area contributed by atoms with E-state index in [2.05, 4.69) is 32.2 Å². The van der Waals surface area contributed by atoms with E-state index in [-0.39, 0.29) is 17.2 Å². The Balaban J connectivity index is 2.11. The molecule has 0 fully saturated rings. The van der Waals surface area contributed by atoms with Crippen LogP contribution in [0.1, 0.15) is 5.82 Å². The molecule has 0 radical (unpaired) electrons. The lowest BCUT2D eigenvalue weighted by Gasteiger charge is -2.07. The van der Waals surface area contributed by atoms with Crippen molar-refractivity contribution < 1.29 is 10.2 Å². The van der Waals surface area contributed by atoms with Crippen LogP contribution in [-0.2, 0) is 0 Å². The number of aryl methyl sites for hydroxylation is 1. The minimum absolute atomic E-state index is 0.0624. The Kier molecular flexibility index (Phi) is 3.48. The summed E-state index contributed by atoms with van der Waals surface area (Å²) in [5, 5.41) is 29.4. The van der Waals surface area contributed by atoms with E-state index in [0.29, 0.717) is 21.2 Å². The fourth-order valence-electron chi connectivity index (χ4n) is 1.86. The van der Waals surface area contributed by atoms with Crippen LogP contribution in [0.3, 0.4) is 0 Å². The van der Waals surface area contributed by atoms with Crippen LogP contribution in [0.5, 0.6) is 11.5 Å². The number of aromatic hydroxyl groups is 2. The van der Waals surface area contributed by atoms with Crippen molar-refractivity contribution in [1.29, 1.82) is 0 Å². The monoisotopic (exact) mass is 318 g/mol. The highest BCUT2D eigenvalue weighted by atomic mass is 32.1. The molecular formula is C13H10N4O2S2. The number of fused-ring (bicyclic) bond motifs is 1. The molecule has 0 saturated carbocycles. The number of benzene rings is 2. The number of nitrogens with zero attached hydrogens (tertiary/aromatic N) is 4. The standard InChI is InChI=1S/C13H10N4O2S2/c1-6-14-13(21-17-6)16-15-11-10(20)4-7-2-3-8(18)5-9(7)12(11)19/h2-5,18-20H,1H3. The van der Waals surface area contributed by atoms with Crippen LogP contribution in [0.25, 0.3) is 10.8 Å². The van der Waals surface area contributed by atoms with E-state index in [1.807, 2.05) is 0 Å². The molecule has 0 amide bonds. The predicted octanol–water partition coefficient (Wildman–Crippen LogP) is 4.12. The number of rotatable bonds is 2. The Labute approximate surface area is 129 Å². The van der Waals surface area contributed by atoms with Crippen molar-refractivity contribution in [2.24, 2.45) is 10.2 Å². The lowest BCUT2D eigenvalue weighted by Crippen LogP contribution is -1.78. The number of aromatic nitrogens is 2. The number of phenols is 2. The van der Waals surface area contributed by atoms with Crippen LogP contribution in [0.15, 0.2) is 39.4 Å². The molecule has 106 valence electrons. The van der Waals surface area contributed by atoms with E-state index in [1.54, 1.807) is 25.1 Å². The summed E-state index contributed by atoms with van der Waals surface area (Å²) in [5.74, 6) is 0.596. The van der Waals surface area contributed by atoms with Crippen molar-refractivity contribution in [3.8, 4) is 11.5 Å². The molecule has 8 heteroatoms. The van der Waals surface area contributed by atoms with Gasteiger partial charge < -0.3 is 10.2 Å². The molecule has 0 spiro atoms. The van der Waals surface area contributed by atoms with Crippen LogP contribution in [-0.4, -0.2) is 19.6 Å². The summed E-state index contributed by atoms with van der Waals surface area (Å²) < 4.78 is 4.00. The predicted molar refractivity (Wildman–Crippen MR) is 83.4 cm³/mol. The second-order valence-corrected chi connectivity index (χ2v) is 5.53. The van der Waals surface area contributed by atoms with Gasteiger partial charge in [0.15, 0.2) is 5.75 Å². The molecular weight excluding hydrogens is 308 g/mol. The largest absolute Gasteiger partial charge is 0.508 e. The molecule has 0 aliphatic heterocycles. The van der Waals surface area contributed by atoms with Gasteiger partial charge in [0.2, 0.25) is 5.13 Å². The van der Waals surface area contributed by atoms with Crippen LogP contribution < -0.4 is 0 Å². The molecule has 0 atom stereocenters. The Morgan fingerprint density at radius 3 is 2.71 bits per heavy atom. The van der Waals surface area contributed by atoms with Gasteiger partial charge in [-0.05, 0) is 30.5 Å². The van der Waals surface area contributed by atoms with Gasteiger partial charge in [0.05, 0.1) is 0 Å². The molecule has 1 aromatic heterocycles. The maximum Gasteiger partial charge on any atom is 0.249 e. The second kappa shape index (κ2) is 5.30. The molecule has 6 nitrogen and oxygen atoms in total. The summed E-state index contributed by atoms with van der Waals surface area (Å²) >= 11 is 5.43. The van der Waals surface area contributed by atoms with Crippen molar-refractivity contribution >= 4 is 45.8 Å². The minimum atomic E-state index is -0.0848. The normalized spacial score (nSPS) is 11.5. The van der Waals surface area contributed by atoms with Crippen molar-refractivity contribution in [2.45, 2.75) is 11.8 Å². The number of azo groups is 1. The van der Waals surface area contributed by atoms with E-state index in [4.69, 9.17) is 0 Å². The molecule has 0 aliphatic carbocycles. The average Bonchev–Trinajstić information content (AvgIpc) is 2.85. The third-order valence-electron chi connectivity index (χ3n) is 2.80. The first-order valence-electron chi connectivity index (χ1n) is 5.94. The van der Waals surface area contributed by atoms with Gasteiger partial charge in [0.25, 0.3) is 0 Å². The average molecular weight is 318 g/mol. The molecule has 21 heavy (non-hydrogen) atoms. The molecule has 1 heterocycles. The molecule has 0 aliphatic rings. The number of hydrogen-bond donors (Lipinski definition) is 3. The molecule has 2 aromatic carbocycles. The summed E-state index contributed by atoms with van der Waals surface area (Å²) in [7, 11) is 0. The van der Waals surface area contributed by atoms with Crippen LogP contribution in [0.2, 0.25) is 0 Å². The molecule has 3 rings (SSSR count). The van der Waals surface area contributed by atoms with Crippen molar-refractivity contribution in [2.75, 3.05) is 0 Å². The first kappa shape index (κ1) is 13.8. The SMILES string of the molecule is Cc1nsc(N=Nc2c(S)cc3ccc(O)cc3c2O)n1. The van der Waals surface area contributed by atoms with Crippen LogP contribution >= 0.6 is 24.2 Å². The topological polar surface area (TPSA) is 91.0 Å². The molecule has 2 N–H and O–H groups in total. The Hall–Kier alpha value is -2.19. The minimum Gasteiger partial charge on any atom is -0.508 e. The highest BCUT2D eigenvalue weighted by Crippen LogP contribution is 2.41. The molecule has 0 saturated heterocycles. The van der Waals surface area contributed by atoms with Gasteiger partial charge in [0.1, 0.15) is 17.3 Å². The zero-order chi connectivity index (χ0) is 15.0. The first-order chi connectivity index (χ1) is 10.0. The van der Waals surface area contributed by atoms with Gasteiger partial charge >= 0.3 is 0 Å². The van der Waals surface area contributed by atoms with Crippen molar-refractivity contribution in [3.63, 3.8) is 0 Å². The van der Waals surface area contributed by atoms with Gasteiger partial charge in [-0.3, -0.25) is 0 Å². The van der Waals surface area contributed by atoms with Crippen LogP contribution in [0.4, 0.5) is 10.8 Å². The second-order valence-electron chi connectivity index (χ2n) is 4.32. The fraction of sp³-hybridized carbons (Fsp3) is 0.0769. The summed E-state index contributed by atoms with van der Waals surface area (Å²) in [5.41, 5.74) is 0.226. The van der Waals surface area contributed by atoms with E-state index in [0.717, 1.165) is 16.9 Å². The fourth-order valence-corrected chi connectivity index (χ4v) is 2.65. The maximum absolute atomic E-state index is 10.3. The molecule has 3 aromatic rings. The van der Waals surface area contributed by atoms with E-state index >= 15 is 0 Å². The molecule has 0 unspecified atom stereocenters.